The van der Waals surface area contributed by atoms with Crippen molar-refractivity contribution in [1.82, 2.24) is 4.90 Å². The summed E-state index contributed by atoms with van der Waals surface area (Å²) in [5, 5.41) is 0. The van der Waals surface area contributed by atoms with Crippen LogP contribution in [0.4, 0.5) is 0 Å². The van der Waals surface area contributed by atoms with E-state index >= 15 is 0 Å². The molecule has 0 saturated heterocycles. The van der Waals surface area contributed by atoms with Crippen molar-refractivity contribution in [2.75, 3.05) is 14.1 Å². The van der Waals surface area contributed by atoms with E-state index in [1.807, 2.05) is 32.8 Å². The minimum absolute atomic E-state index is 0.664. The van der Waals surface area contributed by atoms with Gasteiger partial charge in [0, 0.05) is 14.1 Å². The third-order valence-electron chi connectivity index (χ3n) is 0.769. The Morgan fingerprint density at radius 2 is 1.50 bits per heavy atom. The first-order valence-electron chi connectivity index (χ1n) is 3.97. The summed E-state index contributed by atoms with van der Waals surface area (Å²) in [6.45, 7) is 8.33. The van der Waals surface area contributed by atoms with Crippen LogP contribution in [0.2, 0.25) is 0 Å². The molecule has 0 aliphatic rings. The average molecular weight is 143 g/mol. The van der Waals surface area contributed by atoms with Gasteiger partial charge in [-0.05, 0) is 12.1 Å². The molecule has 0 saturated carbocycles. The summed E-state index contributed by atoms with van der Waals surface area (Å²) < 4.78 is 0. The molecule has 0 unspecified atom stereocenters. The number of hydrogen-bond acceptors (Lipinski definition) is 1. The number of hydrogen-bond donors (Lipinski definition) is 0. The summed E-state index contributed by atoms with van der Waals surface area (Å²) in [6.07, 6.45) is 4.24. The van der Waals surface area contributed by atoms with Gasteiger partial charge >= 0.3 is 0 Å². The van der Waals surface area contributed by atoms with Crippen LogP contribution in [0.25, 0.3) is 0 Å². The molecule has 0 aromatic heterocycles. The smallest absolute Gasteiger partial charge is 0.00555 e. The molecule has 0 radical (unpaired) electrons. The maximum Gasteiger partial charge on any atom is 0.00555 e. The summed E-state index contributed by atoms with van der Waals surface area (Å²) in [4.78, 5) is 2.04. The second-order valence-corrected chi connectivity index (χ2v) is 2.55. The van der Waals surface area contributed by atoms with Gasteiger partial charge in [-0.2, -0.15) is 0 Å². The summed E-state index contributed by atoms with van der Waals surface area (Å²) >= 11 is 0. The Bertz CT molecular complexity index is 62.8. The van der Waals surface area contributed by atoms with E-state index in [4.69, 9.17) is 0 Å². The summed E-state index contributed by atoms with van der Waals surface area (Å²) in [5.41, 5.74) is 0. The first-order chi connectivity index (χ1) is 4.63. The minimum atomic E-state index is 0.664. The molecule has 0 aromatic rings. The normalized spacial score (nSPS) is 9.50. The molecular weight excluding hydrogens is 122 g/mol. The van der Waals surface area contributed by atoms with Crippen LogP contribution >= 0.6 is 0 Å². The van der Waals surface area contributed by atoms with E-state index in [2.05, 4.69) is 26.1 Å². The van der Waals surface area contributed by atoms with E-state index in [0.717, 1.165) is 0 Å². The Labute approximate surface area is 65.7 Å². The van der Waals surface area contributed by atoms with Gasteiger partial charge in [0.15, 0.2) is 0 Å². The molecule has 0 spiro atoms. The van der Waals surface area contributed by atoms with Crippen molar-refractivity contribution in [1.29, 1.82) is 0 Å². The monoisotopic (exact) mass is 143 g/mol. The zero-order valence-electron chi connectivity index (χ0n) is 8.18. The van der Waals surface area contributed by atoms with E-state index in [0.29, 0.717) is 5.92 Å². The molecule has 0 aliphatic heterocycles. The summed E-state index contributed by atoms with van der Waals surface area (Å²) in [7, 11) is 4.05. The Morgan fingerprint density at radius 1 is 1.10 bits per heavy atom. The van der Waals surface area contributed by atoms with Crippen molar-refractivity contribution in [3.8, 4) is 0 Å². The molecule has 0 bridgehead atoms. The Hall–Kier alpha value is -0.460. The fourth-order valence-corrected chi connectivity index (χ4v) is 0.344. The first-order valence-corrected chi connectivity index (χ1v) is 3.97. The summed E-state index contributed by atoms with van der Waals surface area (Å²) in [5.74, 6) is 0.664. The van der Waals surface area contributed by atoms with E-state index in [-0.39, 0.29) is 0 Å². The van der Waals surface area contributed by atoms with Crippen LogP contribution in [0.5, 0.6) is 0 Å². The Balaban J connectivity index is 0. The largest absolute Gasteiger partial charge is 0.384 e. The number of allylic oxidation sites excluding steroid dienone is 1. The van der Waals surface area contributed by atoms with Gasteiger partial charge in [0.1, 0.15) is 0 Å². The van der Waals surface area contributed by atoms with Crippen LogP contribution in [0.1, 0.15) is 27.7 Å². The van der Waals surface area contributed by atoms with Crippen molar-refractivity contribution in [2.24, 2.45) is 5.92 Å². The van der Waals surface area contributed by atoms with Gasteiger partial charge < -0.3 is 4.90 Å². The van der Waals surface area contributed by atoms with Crippen LogP contribution in [-0.2, 0) is 0 Å². The van der Waals surface area contributed by atoms with Gasteiger partial charge in [0.2, 0.25) is 0 Å². The third-order valence-corrected chi connectivity index (χ3v) is 0.769. The molecule has 0 fully saturated rings. The molecule has 0 N–H and O–H groups in total. The lowest BCUT2D eigenvalue weighted by Gasteiger charge is -2.03. The second kappa shape index (κ2) is 8.54. The molecule has 0 heterocycles. The molecular formula is C9H21N. The number of rotatable bonds is 2. The molecule has 10 heavy (non-hydrogen) atoms. The topological polar surface area (TPSA) is 3.24 Å². The van der Waals surface area contributed by atoms with E-state index in [1.54, 1.807) is 0 Å². The Kier molecular flexibility index (Phi) is 10.5. The van der Waals surface area contributed by atoms with Gasteiger partial charge in [-0.1, -0.05) is 33.8 Å². The Morgan fingerprint density at radius 3 is 1.60 bits per heavy atom. The number of nitrogens with zero attached hydrogens (tertiary/aromatic N) is 1. The fraction of sp³-hybridized carbons (Fsp3) is 0.778. The maximum absolute atomic E-state index is 2.17. The van der Waals surface area contributed by atoms with Crippen molar-refractivity contribution in [3.05, 3.63) is 12.3 Å². The SMILES string of the molecule is CC.CC(C)/C=C/N(C)C. The molecule has 62 valence electrons. The van der Waals surface area contributed by atoms with E-state index in [1.165, 1.54) is 0 Å². The van der Waals surface area contributed by atoms with Crippen molar-refractivity contribution in [3.63, 3.8) is 0 Å². The molecule has 1 nitrogen and oxygen atoms in total. The highest BCUT2D eigenvalue weighted by Gasteiger charge is 1.81. The van der Waals surface area contributed by atoms with E-state index < -0.39 is 0 Å². The van der Waals surface area contributed by atoms with Crippen LogP contribution in [-0.4, -0.2) is 19.0 Å². The maximum atomic E-state index is 2.17. The lowest BCUT2D eigenvalue weighted by atomic mass is 10.2. The van der Waals surface area contributed by atoms with Crippen LogP contribution < -0.4 is 0 Å². The highest BCUT2D eigenvalue weighted by molar-refractivity contribution is 4.81. The lowest BCUT2D eigenvalue weighted by Crippen LogP contribution is -2.00. The zero-order valence-corrected chi connectivity index (χ0v) is 8.18. The molecule has 0 aliphatic carbocycles. The van der Waals surface area contributed by atoms with Gasteiger partial charge in [0.05, 0.1) is 0 Å². The highest BCUT2D eigenvalue weighted by atomic mass is 15.0. The van der Waals surface area contributed by atoms with Gasteiger partial charge in [-0.25, -0.2) is 0 Å². The standard InChI is InChI=1S/C7H15N.C2H6/c1-7(2)5-6-8(3)4;1-2/h5-7H,1-4H3;1-2H3/b6-5+;. The van der Waals surface area contributed by atoms with Crippen molar-refractivity contribution < 1.29 is 0 Å². The van der Waals surface area contributed by atoms with Crippen LogP contribution in [0.3, 0.4) is 0 Å². The van der Waals surface area contributed by atoms with Crippen molar-refractivity contribution in [2.45, 2.75) is 27.7 Å². The lowest BCUT2D eigenvalue weighted by molar-refractivity contribution is 0.556. The first kappa shape index (κ1) is 12.2. The van der Waals surface area contributed by atoms with Gasteiger partial charge in [0.25, 0.3) is 0 Å². The molecule has 0 amide bonds. The average Bonchev–Trinajstić information content (AvgIpc) is 1.89. The molecule has 0 rings (SSSR count). The zero-order chi connectivity index (χ0) is 8.57. The van der Waals surface area contributed by atoms with Gasteiger partial charge in [-0.3, -0.25) is 0 Å². The quantitative estimate of drug-likeness (QED) is 0.574. The predicted molar refractivity (Wildman–Crippen MR) is 49.0 cm³/mol. The molecule has 1 heteroatoms. The van der Waals surface area contributed by atoms with Crippen LogP contribution in [0, 0.1) is 5.92 Å². The predicted octanol–water partition coefficient (Wildman–Crippen LogP) is 2.74. The van der Waals surface area contributed by atoms with Crippen molar-refractivity contribution >= 4 is 0 Å². The molecule has 0 atom stereocenters. The van der Waals surface area contributed by atoms with E-state index in [9.17, 15) is 0 Å². The third kappa shape index (κ3) is 15.6. The fourth-order valence-electron chi connectivity index (χ4n) is 0.344. The minimum Gasteiger partial charge on any atom is -0.384 e. The molecule has 0 aromatic carbocycles. The van der Waals surface area contributed by atoms with Crippen LogP contribution in [0.15, 0.2) is 12.3 Å². The highest BCUT2D eigenvalue weighted by Crippen LogP contribution is 1.92. The second-order valence-electron chi connectivity index (χ2n) is 2.55. The van der Waals surface area contributed by atoms with Gasteiger partial charge in [-0.15, -0.1) is 0 Å². The summed E-state index contributed by atoms with van der Waals surface area (Å²) in [6, 6.07) is 0.